The second-order valence-electron chi connectivity index (χ2n) is 9.64. The van der Waals surface area contributed by atoms with Crippen molar-refractivity contribution in [2.45, 2.75) is 71.0 Å². The second kappa shape index (κ2) is 12.9. The maximum Gasteiger partial charge on any atom is 0.244 e. The number of nitrogens with zero attached hydrogens (tertiary/aromatic N) is 2. The lowest BCUT2D eigenvalue weighted by atomic mass is 9.95. The van der Waals surface area contributed by atoms with Crippen molar-refractivity contribution in [2.24, 2.45) is 0 Å². The Morgan fingerprint density at radius 3 is 2.43 bits per heavy atom. The van der Waals surface area contributed by atoms with E-state index in [1.165, 1.54) is 11.3 Å². The van der Waals surface area contributed by atoms with Crippen LogP contribution in [0, 0.1) is 0 Å². The van der Waals surface area contributed by atoms with Crippen LogP contribution in [0.25, 0.3) is 0 Å². The van der Waals surface area contributed by atoms with Gasteiger partial charge in [0.2, 0.25) is 21.8 Å². The minimum Gasteiger partial charge on any atom is -0.497 e. The molecule has 1 N–H and O–H groups in total. The van der Waals surface area contributed by atoms with Gasteiger partial charge in [-0.1, -0.05) is 56.5 Å². The van der Waals surface area contributed by atoms with Gasteiger partial charge >= 0.3 is 0 Å². The monoisotopic (exact) mass is 529 g/mol. The van der Waals surface area contributed by atoms with E-state index in [1.54, 1.807) is 26.2 Å². The fourth-order valence-electron chi connectivity index (χ4n) is 4.77. The maximum atomic E-state index is 13.8. The van der Waals surface area contributed by atoms with E-state index in [-0.39, 0.29) is 18.5 Å². The van der Waals surface area contributed by atoms with E-state index in [1.807, 2.05) is 43.3 Å². The summed E-state index contributed by atoms with van der Waals surface area (Å²) in [6, 6.07) is 13.8. The first-order chi connectivity index (χ1) is 17.6. The average Bonchev–Trinajstić information content (AvgIpc) is 2.89. The summed E-state index contributed by atoms with van der Waals surface area (Å²) in [6.45, 7) is 3.37. The molecule has 3 rings (SSSR count). The molecule has 0 bridgehead atoms. The van der Waals surface area contributed by atoms with Gasteiger partial charge in [-0.25, -0.2) is 8.42 Å². The third-order valence-corrected chi connectivity index (χ3v) is 8.05. The Balaban J connectivity index is 1.91. The van der Waals surface area contributed by atoms with Crippen LogP contribution in [0.15, 0.2) is 48.5 Å². The number of para-hydroxylation sites is 1. The van der Waals surface area contributed by atoms with Gasteiger partial charge in [-0.2, -0.15) is 0 Å². The van der Waals surface area contributed by atoms with Gasteiger partial charge in [0.1, 0.15) is 18.3 Å². The Kier molecular flexibility index (Phi) is 9.97. The highest BCUT2D eigenvalue weighted by molar-refractivity contribution is 7.92. The third kappa shape index (κ3) is 7.71. The van der Waals surface area contributed by atoms with Crippen LogP contribution in [-0.2, 0) is 32.6 Å². The van der Waals surface area contributed by atoms with Crippen molar-refractivity contribution in [3.63, 3.8) is 0 Å². The zero-order valence-electron chi connectivity index (χ0n) is 22.3. The molecule has 0 unspecified atom stereocenters. The first kappa shape index (κ1) is 28.5. The van der Waals surface area contributed by atoms with Gasteiger partial charge in [-0.05, 0) is 55.5 Å². The summed E-state index contributed by atoms with van der Waals surface area (Å²) in [5.41, 5.74) is 2.08. The first-order valence-corrected chi connectivity index (χ1v) is 14.8. The van der Waals surface area contributed by atoms with Crippen LogP contribution in [0.3, 0.4) is 0 Å². The lowest BCUT2D eigenvalue weighted by molar-refractivity contribution is -0.139. The van der Waals surface area contributed by atoms with E-state index in [9.17, 15) is 18.0 Å². The predicted octanol–water partition coefficient (Wildman–Crippen LogP) is 3.89. The van der Waals surface area contributed by atoms with Gasteiger partial charge in [-0.3, -0.25) is 13.9 Å². The van der Waals surface area contributed by atoms with Crippen LogP contribution in [0.5, 0.6) is 5.75 Å². The Hall–Kier alpha value is -3.07. The normalized spacial score (nSPS) is 15.0. The summed E-state index contributed by atoms with van der Waals surface area (Å²) in [6.07, 6.45) is 6.89. The number of aryl methyl sites for hydroxylation is 1. The van der Waals surface area contributed by atoms with Gasteiger partial charge in [0, 0.05) is 12.6 Å². The molecule has 1 fully saturated rings. The van der Waals surface area contributed by atoms with Gasteiger partial charge in [0.15, 0.2) is 0 Å². The number of anilines is 1. The largest absolute Gasteiger partial charge is 0.497 e. The number of carbonyl (C=O) groups is 2. The highest BCUT2D eigenvalue weighted by atomic mass is 32.2. The average molecular weight is 530 g/mol. The van der Waals surface area contributed by atoms with E-state index < -0.39 is 28.5 Å². The Bertz CT molecular complexity index is 1180. The topological polar surface area (TPSA) is 96.0 Å². The fraction of sp³-hybridized carbons (Fsp3) is 0.500. The number of carbonyl (C=O) groups excluding carboxylic acids is 2. The smallest absolute Gasteiger partial charge is 0.244 e. The van der Waals surface area contributed by atoms with Crippen LogP contribution in [-0.4, -0.2) is 57.1 Å². The molecule has 0 aromatic heterocycles. The quantitative estimate of drug-likeness (QED) is 0.477. The van der Waals surface area contributed by atoms with Gasteiger partial charge in [-0.15, -0.1) is 0 Å². The Morgan fingerprint density at radius 1 is 1.08 bits per heavy atom. The molecular formula is C28H39N3O5S. The fourth-order valence-corrected chi connectivity index (χ4v) is 5.65. The lowest BCUT2D eigenvalue weighted by Crippen LogP contribution is -2.53. The zero-order valence-corrected chi connectivity index (χ0v) is 23.1. The molecule has 1 aliphatic carbocycles. The van der Waals surface area contributed by atoms with Crippen molar-refractivity contribution in [1.82, 2.24) is 10.2 Å². The summed E-state index contributed by atoms with van der Waals surface area (Å²) in [7, 11) is -2.20. The minimum atomic E-state index is -3.77. The molecule has 37 heavy (non-hydrogen) atoms. The molecule has 2 aromatic carbocycles. The zero-order chi connectivity index (χ0) is 27.0. The summed E-state index contributed by atoms with van der Waals surface area (Å²) in [5, 5.41) is 3.11. The van der Waals surface area contributed by atoms with Crippen molar-refractivity contribution in [3.8, 4) is 5.75 Å². The van der Waals surface area contributed by atoms with Crippen LogP contribution < -0.4 is 14.4 Å². The molecule has 0 aliphatic heterocycles. The predicted molar refractivity (Wildman–Crippen MR) is 146 cm³/mol. The molecule has 0 heterocycles. The van der Waals surface area contributed by atoms with E-state index in [2.05, 4.69) is 5.32 Å². The summed E-state index contributed by atoms with van der Waals surface area (Å²) in [5.74, 6) is -0.0488. The lowest BCUT2D eigenvalue weighted by Gasteiger charge is -2.33. The van der Waals surface area contributed by atoms with Crippen molar-refractivity contribution in [2.75, 3.05) is 24.2 Å². The number of sulfonamides is 1. The Labute approximate surface area is 221 Å². The molecule has 1 saturated carbocycles. The van der Waals surface area contributed by atoms with Crippen LogP contribution in [0.1, 0.15) is 57.1 Å². The number of amides is 2. The van der Waals surface area contributed by atoms with Crippen LogP contribution in [0.4, 0.5) is 5.69 Å². The summed E-state index contributed by atoms with van der Waals surface area (Å²) in [4.78, 5) is 28.5. The van der Waals surface area contributed by atoms with Crippen molar-refractivity contribution >= 4 is 27.5 Å². The second-order valence-corrected chi connectivity index (χ2v) is 11.6. The van der Waals surface area contributed by atoms with Gasteiger partial charge in [0.25, 0.3) is 0 Å². The maximum absolute atomic E-state index is 13.8. The highest BCUT2D eigenvalue weighted by Gasteiger charge is 2.31. The van der Waals surface area contributed by atoms with Crippen molar-refractivity contribution in [1.29, 1.82) is 0 Å². The van der Waals surface area contributed by atoms with E-state index in [4.69, 9.17) is 4.74 Å². The summed E-state index contributed by atoms with van der Waals surface area (Å²) < 4.78 is 32.1. The molecule has 0 radical (unpaired) electrons. The SMILES string of the molecule is CCc1ccccc1N(CC(=O)N(Cc1cccc(OC)c1)[C@@H](C)C(=O)NC1CCCCC1)S(C)(=O)=O. The number of benzene rings is 2. The summed E-state index contributed by atoms with van der Waals surface area (Å²) >= 11 is 0. The molecule has 1 aliphatic rings. The first-order valence-electron chi connectivity index (χ1n) is 12.9. The van der Waals surface area contributed by atoms with Gasteiger partial charge < -0.3 is 15.0 Å². The van der Waals surface area contributed by atoms with E-state index in [0.29, 0.717) is 17.9 Å². The van der Waals surface area contributed by atoms with Crippen LogP contribution >= 0.6 is 0 Å². The van der Waals surface area contributed by atoms with Gasteiger partial charge in [0.05, 0.1) is 19.1 Å². The number of ether oxygens (including phenoxy) is 1. The molecule has 2 amide bonds. The molecule has 0 saturated heterocycles. The van der Waals surface area contributed by atoms with Crippen LogP contribution in [0.2, 0.25) is 0 Å². The number of methoxy groups -OCH3 is 1. The van der Waals surface area contributed by atoms with E-state index in [0.717, 1.165) is 47.4 Å². The number of hydrogen-bond donors (Lipinski definition) is 1. The molecule has 2 aromatic rings. The molecular weight excluding hydrogens is 490 g/mol. The minimum absolute atomic E-state index is 0.0985. The number of hydrogen-bond acceptors (Lipinski definition) is 5. The molecule has 202 valence electrons. The number of rotatable bonds is 11. The van der Waals surface area contributed by atoms with Crippen molar-refractivity contribution in [3.05, 3.63) is 59.7 Å². The molecule has 1 atom stereocenters. The van der Waals surface area contributed by atoms with E-state index >= 15 is 0 Å². The number of nitrogens with one attached hydrogen (secondary N) is 1. The third-order valence-electron chi connectivity index (χ3n) is 6.93. The molecule has 9 heteroatoms. The molecule has 8 nitrogen and oxygen atoms in total. The van der Waals surface area contributed by atoms with Crippen molar-refractivity contribution < 1.29 is 22.7 Å². The highest BCUT2D eigenvalue weighted by Crippen LogP contribution is 2.25. The molecule has 0 spiro atoms. The Morgan fingerprint density at radius 2 is 1.78 bits per heavy atom. The standard InChI is InChI=1S/C28H39N3O5S/c1-5-23-13-9-10-17-26(23)31(37(4,34)35)20-27(32)30(19-22-12-11-16-25(18-22)36-3)21(2)28(33)29-24-14-7-6-8-15-24/h9-13,16-18,21,24H,5-8,14-15,19-20H2,1-4H3,(H,29,33)/t21-/m0/s1.